The van der Waals surface area contributed by atoms with Crippen molar-refractivity contribution in [2.75, 3.05) is 0 Å². The van der Waals surface area contributed by atoms with Gasteiger partial charge in [0.15, 0.2) is 0 Å². The predicted octanol–water partition coefficient (Wildman–Crippen LogP) is 4.03. The molecule has 1 aromatic rings. The molecule has 1 rings (SSSR count). The molecular weight excluding hydrogens is 176 g/mol. The smallest absolute Gasteiger partial charge is 0.0116 e. The first-order valence-corrected chi connectivity index (χ1v) is 4.97. The van der Waals surface area contributed by atoms with E-state index in [9.17, 15) is 0 Å². The van der Waals surface area contributed by atoms with E-state index in [4.69, 9.17) is 0 Å². The van der Waals surface area contributed by atoms with Crippen LogP contribution in [-0.4, -0.2) is 0 Å². The van der Waals surface area contributed by atoms with Gasteiger partial charge in [0.25, 0.3) is 0 Å². The molecule has 1 heteroatoms. The Hall–Kier alpha value is -1.21. The van der Waals surface area contributed by atoms with E-state index in [0.29, 0.717) is 0 Å². The van der Waals surface area contributed by atoms with Crippen LogP contribution in [-0.2, 0) is 0 Å². The molecule has 0 nitrogen and oxygen atoms in total. The lowest BCUT2D eigenvalue weighted by atomic mass is 10.4. The Morgan fingerprint density at radius 1 is 1.00 bits per heavy atom. The predicted molar refractivity (Wildman–Crippen MR) is 60.8 cm³/mol. The van der Waals surface area contributed by atoms with E-state index in [1.807, 2.05) is 36.4 Å². The van der Waals surface area contributed by atoms with Crippen LogP contribution in [0, 0.1) is 0 Å². The van der Waals surface area contributed by atoms with Crippen LogP contribution in [0.3, 0.4) is 0 Å². The molecule has 0 saturated carbocycles. The molecule has 66 valence electrons. The van der Waals surface area contributed by atoms with Gasteiger partial charge in [0.05, 0.1) is 0 Å². The third-order valence-electron chi connectivity index (χ3n) is 1.38. The summed E-state index contributed by atoms with van der Waals surface area (Å²) >= 11 is 1.70. The fourth-order valence-corrected chi connectivity index (χ4v) is 1.45. The van der Waals surface area contributed by atoms with Crippen LogP contribution >= 0.6 is 11.8 Å². The van der Waals surface area contributed by atoms with E-state index < -0.39 is 0 Å². The fraction of sp³-hybridized carbons (Fsp3) is 0. The number of thioether (sulfide) groups is 1. The van der Waals surface area contributed by atoms with Crippen molar-refractivity contribution in [1.29, 1.82) is 0 Å². The molecule has 0 spiro atoms. The summed E-state index contributed by atoms with van der Waals surface area (Å²) < 4.78 is 0. The van der Waals surface area contributed by atoms with E-state index in [1.54, 1.807) is 17.8 Å². The molecule has 0 saturated heterocycles. The largest absolute Gasteiger partial charge is 0.0991 e. The fourth-order valence-electron chi connectivity index (χ4n) is 0.805. The zero-order valence-corrected chi connectivity index (χ0v) is 8.21. The Bertz CT molecular complexity index is 296. The minimum absolute atomic E-state index is 1.26. The van der Waals surface area contributed by atoms with Crippen molar-refractivity contribution in [2.45, 2.75) is 4.90 Å². The summed E-state index contributed by atoms with van der Waals surface area (Å²) in [6.45, 7) is 3.59. The third-order valence-corrected chi connectivity index (χ3v) is 2.22. The summed E-state index contributed by atoms with van der Waals surface area (Å²) in [5.74, 6) is 0. The summed E-state index contributed by atoms with van der Waals surface area (Å²) in [5.41, 5.74) is 0. The Balaban J connectivity index is 2.39. The lowest BCUT2D eigenvalue weighted by Crippen LogP contribution is -1.63. The van der Waals surface area contributed by atoms with Crippen molar-refractivity contribution in [1.82, 2.24) is 0 Å². The second-order valence-corrected chi connectivity index (χ2v) is 3.36. The Kier molecular flexibility index (Phi) is 4.80. The van der Waals surface area contributed by atoms with Gasteiger partial charge < -0.3 is 0 Å². The zero-order valence-electron chi connectivity index (χ0n) is 7.39. The van der Waals surface area contributed by atoms with E-state index in [1.165, 1.54) is 4.90 Å². The first-order chi connectivity index (χ1) is 6.43. The van der Waals surface area contributed by atoms with Crippen molar-refractivity contribution in [3.63, 3.8) is 0 Å². The number of hydrogen-bond donors (Lipinski definition) is 0. The minimum Gasteiger partial charge on any atom is -0.0991 e. The van der Waals surface area contributed by atoms with Crippen LogP contribution in [0.5, 0.6) is 0 Å². The van der Waals surface area contributed by atoms with Gasteiger partial charge in [-0.2, -0.15) is 0 Å². The molecule has 0 unspecified atom stereocenters. The van der Waals surface area contributed by atoms with Gasteiger partial charge in [-0.15, -0.1) is 0 Å². The van der Waals surface area contributed by atoms with Crippen molar-refractivity contribution in [3.8, 4) is 0 Å². The normalized spacial score (nSPS) is 11.1. The highest BCUT2D eigenvalue weighted by atomic mass is 32.2. The molecule has 0 heterocycles. The van der Waals surface area contributed by atoms with Crippen molar-refractivity contribution >= 4 is 11.8 Å². The molecular formula is C12H12S. The molecule has 0 bridgehead atoms. The Morgan fingerprint density at radius 2 is 1.77 bits per heavy atom. The summed E-state index contributed by atoms with van der Waals surface area (Å²) in [6.07, 6.45) is 7.63. The Labute approximate surface area is 83.7 Å². The quantitative estimate of drug-likeness (QED) is 0.507. The minimum atomic E-state index is 1.26. The maximum atomic E-state index is 3.59. The molecule has 0 amide bonds. The van der Waals surface area contributed by atoms with Crippen molar-refractivity contribution in [3.05, 3.63) is 66.6 Å². The molecule has 0 aromatic heterocycles. The first kappa shape index (κ1) is 9.87. The number of benzene rings is 1. The van der Waals surface area contributed by atoms with Gasteiger partial charge >= 0.3 is 0 Å². The second-order valence-electron chi connectivity index (χ2n) is 2.38. The van der Waals surface area contributed by atoms with E-state index in [-0.39, 0.29) is 0 Å². The van der Waals surface area contributed by atoms with Gasteiger partial charge in [-0.1, -0.05) is 60.8 Å². The van der Waals surface area contributed by atoms with E-state index in [2.05, 4.69) is 24.1 Å². The summed E-state index contributed by atoms with van der Waals surface area (Å²) in [7, 11) is 0. The summed E-state index contributed by atoms with van der Waals surface area (Å²) in [4.78, 5) is 1.26. The molecule has 1 aromatic carbocycles. The molecule has 0 N–H and O–H groups in total. The zero-order chi connectivity index (χ0) is 9.36. The molecule has 13 heavy (non-hydrogen) atoms. The lowest BCUT2D eigenvalue weighted by molar-refractivity contribution is 1.47. The summed E-state index contributed by atoms with van der Waals surface area (Å²) in [5, 5.41) is 2.05. The average Bonchev–Trinajstić information content (AvgIpc) is 2.19. The van der Waals surface area contributed by atoms with Gasteiger partial charge in [0, 0.05) is 4.90 Å². The van der Waals surface area contributed by atoms with Crippen LogP contribution in [0.4, 0.5) is 0 Å². The highest BCUT2D eigenvalue weighted by Crippen LogP contribution is 2.17. The average molecular weight is 188 g/mol. The van der Waals surface area contributed by atoms with Gasteiger partial charge in [-0.25, -0.2) is 0 Å². The molecule has 0 fully saturated rings. The highest BCUT2D eigenvalue weighted by molar-refractivity contribution is 8.02. The summed E-state index contributed by atoms with van der Waals surface area (Å²) in [6, 6.07) is 10.3. The number of allylic oxidation sites excluding steroid dienone is 4. The van der Waals surface area contributed by atoms with E-state index >= 15 is 0 Å². The SMILES string of the molecule is C=C/C=C\C=C/Sc1ccccc1. The highest BCUT2D eigenvalue weighted by Gasteiger charge is 1.84. The molecule has 0 aliphatic carbocycles. The second kappa shape index (κ2) is 6.32. The van der Waals surface area contributed by atoms with Gasteiger partial charge in [0.2, 0.25) is 0 Å². The van der Waals surface area contributed by atoms with Gasteiger partial charge in [0.1, 0.15) is 0 Å². The standard InChI is InChI=1S/C12H12S/c1-2-3-4-8-11-13-12-9-6-5-7-10-12/h2-11H,1H2/b4-3-,11-8-. The topological polar surface area (TPSA) is 0 Å². The van der Waals surface area contributed by atoms with Crippen molar-refractivity contribution in [2.24, 2.45) is 0 Å². The maximum absolute atomic E-state index is 3.59. The van der Waals surface area contributed by atoms with Crippen molar-refractivity contribution < 1.29 is 0 Å². The van der Waals surface area contributed by atoms with Crippen LogP contribution in [0.1, 0.15) is 0 Å². The van der Waals surface area contributed by atoms with Crippen LogP contribution in [0.15, 0.2) is 71.5 Å². The first-order valence-electron chi connectivity index (χ1n) is 4.09. The lowest BCUT2D eigenvalue weighted by Gasteiger charge is -1.91. The number of hydrogen-bond acceptors (Lipinski definition) is 1. The Morgan fingerprint density at radius 3 is 2.46 bits per heavy atom. The third kappa shape index (κ3) is 4.38. The van der Waals surface area contributed by atoms with Crippen LogP contribution in [0.2, 0.25) is 0 Å². The van der Waals surface area contributed by atoms with E-state index in [0.717, 1.165) is 0 Å². The monoisotopic (exact) mass is 188 g/mol. The van der Waals surface area contributed by atoms with Crippen LogP contribution in [0.25, 0.3) is 0 Å². The maximum Gasteiger partial charge on any atom is 0.0116 e. The van der Waals surface area contributed by atoms with Gasteiger partial charge in [-0.05, 0) is 17.5 Å². The molecule has 0 aliphatic heterocycles. The van der Waals surface area contributed by atoms with Gasteiger partial charge in [-0.3, -0.25) is 0 Å². The molecule has 0 atom stereocenters. The molecule has 0 radical (unpaired) electrons. The van der Waals surface area contributed by atoms with Crippen LogP contribution < -0.4 is 0 Å². The number of rotatable bonds is 4. The molecule has 0 aliphatic rings.